The van der Waals surface area contributed by atoms with E-state index in [1.165, 1.54) is 0 Å². The van der Waals surface area contributed by atoms with Crippen LogP contribution in [0.2, 0.25) is 0 Å². The molecule has 2 saturated heterocycles. The predicted octanol–water partition coefficient (Wildman–Crippen LogP) is 5.08. The van der Waals surface area contributed by atoms with E-state index in [1.54, 1.807) is 0 Å². The Hall–Kier alpha value is -1.11. The molecule has 3 amide bonds. The number of unbranched alkanes of at least 4 members (excludes halogenated alkanes) is 5. The van der Waals surface area contributed by atoms with E-state index in [0.29, 0.717) is 43.5 Å². The van der Waals surface area contributed by atoms with E-state index >= 15 is 0 Å². The number of thioether (sulfide) groups is 1. The maximum atomic E-state index is 12.1. The third-order valence-electron chi connectivity index (χ3n) is 6.58. The first-order valence-electron chi connectivity index (χ1n) is 14.0. The zero-order chi connectivity index (χ0) is 27.0. The highest BCUT2D eigenvalue weighted by Gasteiger charge is 2.42. The van der Waals surface area contributed by atoms with Crippen LogP contribution in [0.25, 0.3) is 4.85 Å². The summed E-state index contributed by atoms with van der Waals surface area (Å²) in [6.45, 7) is 17.7. The third kappa shape index (κ3) is 12.1. The lowest BCUT2D eigenvalue weighted by atomic mass is 10.0. The fourth-order valence-electron chi connectivity index (χ4n) is 4.80. The lowest BCUT2D eigenvalue weighted by Gasteiger charge is -2.35. The Bertz CT molecular complexity index is 716. The van der Waals surface area contributed by atoms with Crippen LogP contribution in [0, 0.1) is 6.57 Å². The summed E-state index contributed by atoms with van der Waals surface area (Å²) < 4.78 is 14.3. The first kappa shape index (κ1) is 32.1. The van der Waals surface area contributed by atoms with E-state index in [4.69, 9.17) is 15.6 Å². The van der Waals surface area contributed by atoms with Gasteiger partial charge in [-0.15, -0.1) is 0 Å². The first-order valence-corrected chi connectivity index (χ1v) is 16.1. The fourth-order valence-corrected chi connectivity index (χ4v) is 7.96. The number of urea groups is 1. The number of nitrogens with zero attached hydrogens (tertiary/aromatic N) is 2. The van der Waals surface area contributed by atoms with Crippen molar-refractivity contribution in [1.82, 2.24) is 20.6 Å². The highest BCUT2D eigenvalue weighted by Crippen LogP contribution is 2.45. The highest BCUT2D eigenvalue weighted by molar-refractivity contribution is 8.00. The molecular formula is C26H48N5O4PS. The second kappa shape index (κ2) is 18.2. The van der Waals surface area contributed by atoms with Crippen LogP contribution in [0.15, 0.2) is 0 Å². The Morgan fingerprint density at radius 3 is 2.51 bits per heavy atom. The van der Waals surface area contributed by atoms with Gasteiger partial charge in [0.05, 0.1) is 18.7 Å². The average Bonchev–Trinajstić information content (AvgIpc) is 3.39. The summed E-state index contributed by atoms with van der Waals surface area (Å²) in [6, 6.07) is 1.12. The molecule has 0 saturated carbocycles. The third-order valence-corrected chi connectivity index (χ3v) is 10.2. The summed E-state index contributed by atoms with van der Waals surface area (Å²) in [4.78, 5) is 27.0. The SMILES string of the molecule is [C-]#[N+]CCOP(OCCCCCCCNC(=O)CCCCC1SCC2NC(=O)NC21)N(C(C)C)C(C)C. The molecule has 2 aliphatic heterocycles. The quantitative estimate of drug-likeness (QED) is 0.0837. The summed E-state index contributed by atoms with van der Waals surface area (Å²) in [6.07, 6.45) is 8.86. The van der Waals surface area contributed by atoms with Gasteiger partial charge in [0.1, 0.15) is 6.61 Å². The molecule has 4 atom stereocenters. The van der Waals surface area contributed by atoms with Crippen LogP contribution in [-0.4, -0.2) is 78.1 Å². The van der Waals surface area contributed by atoms with E-state index in [9.17, 15) is 9.59 Å². The molecule has 11 heteroatoms. The minimum Gasteiger partial charge on any atom is -0.356 e. The maximum absolute atomic E-state index is 12.1. The van der Waals surface area contributed by atoms with Crippen LogP contribution >= 0.6 is 20.3 Å². The molecule has 0 aliphatic carbocycles. The van der Waals surface area contributed by atoms with Crippen LogP contribution < -0.4 is 16.0 Å². The molecule has 2 rings (SSSR count). The van der Waals surface area contributed by atoms with Crippen molar-refractivity contribution in [3.63, 3.8) is 0 Å². The number of carbonyl (C=O) groups is 2. The van der Waals surface area contributed by atoms with Crippen LogP contribution in [0.1, 0.15) is 85.5 Å². The molecule has 3 N–H and O–H groups in total. The van der Waals surface area contributed by atoms with Crippen molar-refractivity contribution in [2.75, 3.05) is 32.1 Å². The Labute approximate surface area is 229 Å². The number of nitrogens with one attached hydrogen (secondary N) is 3. The van der Waals surface area contributed by atoms with Crippen molar-refractivity contribution >= 4 is 32.2 Å². The molecule has 4 unspecified atom stereocenters. The number of hydrogen-bond donors (Lipinski definition) is 3. The Kier molecular flexibility index (Phi) is 15.8. The van der Waals surface area contributed by atoms with Gasteiger partial charge in [-0.3, -0.25) is 4.79 Å². The van der Waals surface area contributed by atoms with Gasteiger partial charge in [0.25, 0.3) is 8.53 Å². The van der Waals surface area contributed by atoms with Gasteiger partial charge in [-0.1, -0.05) is 25.7 Å². The zero-order valence-electron chi connectivity index (χ0n) is 23.2. The highest BCUT2D eigenvalue weighted by atomic mass is 32.2. The predicted molar refractivity (Wildman–Crippen MR) is 152 cm³/mol. The molecule has 0 aromatic heterocycles. The zero-order valence-corrected chi connectivity index (χ0v) is 24.9. The van der Waals surface area contributed by atoms with E-state index < -0.39 is 8.53 Å². The topological polar surface area (TPSA) is 96.3 Å². The normalized spacial score (nSPS) is 21.7. The summed E-state index contributed by atoms with van der Waals surface area (Å²) in [5, 5.41) is 9.51. The minimum absolute atomic E-state index is 0.0410. The second-order valence-electron chi connectivity index (χ2n) is 10.3. The minimum atomic E-state index is -1.14. The van der Waals surface area contributed by atoms with Gasteiger partial charge < -0.3 is 29.8 Å². The van der Waals surface area contributed by atoms with Crippen LogP contribution in [-0.2, 0) is 13.8 Å². The molecule has 0 spiro atoms. The molecular weight excluding hydrogens is 509 g/mol. The molecule has 0 radical (unpaired) electrons. The smallest absolute Gasteiger partial charge is 0.315 e. The van der Waals surface area contributed by atoms with Crippen molar-refractivity contribution < 1.29 is 18.6 Å². The van der Waals surface area contributed by atoms with Crippen molar-refractivity contribution in [3.8, 4) is 0 Å². The number of rotatable bonds is 20. The van der Waals surface area contributed by atoms with Crippen LogP contribution in [0.5, 0.6) is 0 Å². The van der Waals surface area contributed by atoms with Gasteiger partial charge in [0.2, 0.25) is 12.5 Å². The lowest BCUT2D eigenvalue weighted by molar-refractivity contribution is -0.121. The summed E-state index contributed by atoms with van der Waals surface area (Å²) in [5.74, 6) is 1.13. The number of fused-ring (bicyclic) bond motifs is 1. The lowest BCUT2D eigenvalue weighted by Crippen LogP contribution is -2.36. The van der Waals surface area contributed by atoms with Gasteiger partial charge in [0, 0.05) is 36.1 Å². The number of carbonyl (C=O) groups excluding carboxylic acids is 2. The molecule has 212 valence electrons. The largest absolute Gasteiger partial charge is 0.356 e. The van der Waals surface area contributed by atoms with Crippen molar-refractivity contribution in [2.45, 2.75) is 115 Å². The Balaban J connectivity index is 1.45. The van der Waals surface area contributed by atoms with Crippen molar-refractivity contribution in [1.29, 1.82) is 0 Å². The van der Waals surface area contributed by atoms with E-state index in [1.807, 2.05) is 11.8 Å². The average molecular weight is 558 g/mol. The van der Waals surface area contributed by atoms with Crippen LogP contribution in [0.3, 0.4) is 0 Å². The van der Waals surface area contributed by atoms with E-state index in [-0.39, 0.29) is 24.0 Å². The molecule has 0 aromatic carbocycles. The molecule has 9 nitrogen and oxygen atoms in total. The number of amides is 3. The van der Waals surface area contributed by atoms with E-state index in [2.05, 4.69) is 53.2 Å². The Morgan fingerprint density at radius 2 is 1.78 bits per heavy atom. The van der Waals surface area contributed by atoms with Crippen molar-refractivity contribution in [3.05, 3.63) is 11.4 Å². The fraction of sp³-hybridized carbons (Fsp3) is 0.885. The summed E-state index contributed by atoms with van der Waals surface area (Å²) in [5.41, 5.74) is 0. The molecule has 2 heterocycles. The molecule has 0 aromatic rings. The molecule has 0 bridgehead atoms. The summed E-state index contributed by atoms with van der Waals surface area (Å²) in [7, 11) is -1.14. The van der Waals surface area contributed by atoms with Crippen molar-refractivity contribution in [2.24, 2.45) is 0 Å². The molecule has 2 fully saturated rings. The molecule has 37 heavy (non-hydrogen) atoms. The van der Waals surface area contributed by atoms with E-state index in [0.717, 1.165) is 63.7 Å². The van der Waals surface area contributed by atoms with Gasteiger partial charge in [-0.05, 0) is 53.4 Å². The Morgan fingerprint density at radius 1 is 1.08 bits per heavy atom. The standard InChI is InChI=1S/C26H48N5O4PS/c1-20(2)31(21(3)4)36(35-18-16-27-5)34-17-12-8-6-7-11-15-28-24(32)14-10-9-13-23-25-22(19-37-23)29-26(33)30-25/h20-23,25H,6-19H2,1-4H3,(H,28,32)(H2,29,30,33). The molecule has 2 aliphatic rings. The van der Waals surface area contributed by atoms with Gasteiger partial charge in [-0.2, -0.15) is 11.8 Å². The van der Waals surface area contributed by atoms with Gasteiger partial charge >= 0.3 is 6.03 Å². The first-order chi connectivity index (χ1) is 17.8. The maximum Gasteiger partial charge on any atom is 0.315 e. The van der Waals surface area contributed by atoms with Gasteiger partial charge in [-0.25, -0.2) is 16.0 Å². The van der Waals surface area contributed by atoms with Gasteiger partial charge in [0.15, 0.2) is 0 Å². The second-order valence-corrected chi connectivity index (χ2v) is 13.1. The monoisotopic (exact) mass is 557 g/mol. The number of hydrogen-bond acceptors (Lipinski definition) is 6. The van der Waals surface area contributed by atoms with Crippen LogP contribution in [0.4, 0.5) is 4.79 Å². The summed E-state index contributed by atoms with van der Waals surface area (Å²) >= 11 is 1.93.